The van der Waals surface area contributed by atoms with Crippen molar-refractivity contribution in [3.8, 4) is 72.7 Å². The van der Waals surface area contributed by atoms with Crippen molar-refractivity contribution in [2.45, 2.75) is 104 Å². The van der Waals surface area contributed by atoms with Crippen LogP contribution in [0.5, 0.6) is 0 Å². The van der Waals surface area contributed by atoms with Gasteiger partial charge in [-0.2, -0.15) is 0 Å². The van der Waals surface area contributed by atoms with Crippen LogP contribution in [0.25, 0.3) is 138 Å². The Morgan fingerprint density at radius 2 is 0.551 bits per heavy atom. The fraction of sp³-hybridized carbons (Fsp3) is 0.143. The number of hydrogen-bond acceptors (Lipinski definition) is 2. The van der Waals surface area contributed by atoms with Crippen molar-refractivity contribution < 1.29 is 0 Å². The predicted molar refractivity (Wildman–Crippen MR) is 503 cm³/mol. The molecule has 0 atom stereocenters. The maximum absolute atomic E-state index is 2.69. The van der Waals surface area contributed by atoms with Gasteiger partial charge in [0.15, 0.2) is 0 Å². The van der Waals surface area contributed by atoms with Gasteiger partial charge < -0.3 is 23.5 Å². The van der Waals surface area contributed by atoms with Gasteiger partial charge in [-0.05, 0) is 250 Å². The highest BCUT2D eigenvalue weighted by atomic mass is 15.2. The van der Waals surface area contributed by atoms with Crippen LogP contribution in [0.3, 0.4) is 0 Å². The minimum atomic E-state index is -0.243. The van der Waals surface area contributed by atoms with Crippen LogP contribution in [-0.2, 0) is 21.7 Å². The standard InChI is InChI=1S/C112H92BN5/c1-109(2,3)81-64-82(110(4,5)6)66-86(65-81)118-105-68-85(116-102-55-44-78(73-31-19-13-20-32-73)61-92(102)93-62-79(45-56-103(93)116)74-33-21-14-22-34-74)49-52-97(105)113-96-51-48-84(115-100-53-42-76(71-27-15-11-16-28-71)59-90(100)91-60-77(43-54-101(91)115)72-29-17-12-18-30-72)67-104(96)114(83-46-39-75(40-47-83)80-41-50-94-95(63-80)112(9,10)58-57-111(94,7)8)106-69-87(70-107(118)108(106)113)117-98-37-25-23-35-88(98)89-36-24-26-38-99(89)117/h11-56,59-70H,57-58H2,1-10H3. The van der Waals surface area contributed by atoms with E-state index in [2.05, 4.69) is 445 Å². The quantitative estimate of drug-likeness (QED) is 0.127. The summed E-state index contributed by atoms with van der Waals surface area (Å²) in [5.74, 6) is 0. The molecule has 0 unspecified atom stereocenters. The average Bonchev–Trinajstić information content (AvgIpc) is 0.845. The summed E-state index contributed by atoms with van der Waals surface area (Å²) in [4.78, 5) is 5.34. The van der Waals surface area contributed by atoms with E-state index in [4.69, 9.17) is 0 Å². The molecule has 0 saturated carbocycles. The molecule has 6 heteroatoms. The summed E-state index contributed by atoms with van der Waals surface area (Å²) in [6.45, 7) is 23.8. The summed E-state index contributed by atoms with van der Waals surface area (Å²) in [7, 11) is 0. The second-order valence-electron chi connectivity index (χ2n) is 36.8. The first-order chi connectivity index (χ1) is 57.2. The normalized spacial score (nSPS) is 14.2. The molecule has 0 radical (unpaired) electrons. The fourth-order valence-electron chi connectivity index (χ4n) is 20.1. The predicted octanol–water partition coefficient (Wildman–Crippen LogP) is 28.3. The molecule has 16 aromatic carbocycles. The molecule has 5 heterocycles. The first-order valence-electron chi connectivity index (χ1n) is 42.1. The average molecular weight is 1520 g/mol. The Balaban J connectivity index is 0.847. The lowest BCUT2D eigenvalue weighted by molar-refractivity contribution is 0.332. The SMILES string of the molecule is CC(C)(C)c1cc(N2c3cc(-n4c5ccc(-c6ccccc6)cc5c5cc(-c6ccccc6)ccc54)ccc3B3c4ccc(-n5c6ccc(-c7ccccc7)cc6c6cc(-c7ccccc7)ccc65)cc4N(c4ccc(-c5ccc6c(c5)C(C)(C)CCC6(C)C)cc4)c4cc(-n5c6ccccc6c6ccccc65)cc2c43)cc(C(C)(C)C)c1. The van der Waals surface area contributed by atoms with Gasteiger partial charge in [0.2, 0.25) is 0 Å². The summed E-state index contributed by atoms with van der Waals surface area (Å²) in [6.07, 6.45) is 2.32. The van der Waals surface area contributed by atoms with Gasteiger partial charge >= 0.3 is 0 Å². The van der Waals surface area contributed by atoms with Crippen LogP contribution in [0.4, 0.5) is 34.1 Å². The number of aromatic nitrogens is 3. The summed E-state index contributed by atoms with van der Waals surface area (Å²) < 4.78 is 7.64. The van der Waals surface area contributed by atoms with Gasteiger partial charge in [0.1, 0.15) is 0 Å². The smallest absolute Gasteiger partial charge is 0.252 e. The third-order valence-corrected chi connectivity index (χ3v) is 26.6. The molecule has 5 nitrogen and oxygen atoms in total. The van der Waals surface area contributed by atoms with E-state index < -0.39 is 0 Å². The number of rotatable bonds is 10. The fourth-order valence-corrected chi connectivity index (χ4v) is 20.1. The molecule has 568 valence electrons. The second-order valence-corrected chi connectivity index (χ2v) is 36.8. The first kappa shape index (κ1) is 71.2. The molecular weight excluding hydrogens is 1430 g/mol. The van der Waals surface area contributed by atoms with Crippen molar-refractivity contribution in [3.05, 3.63) is 374 Å². The zero-order valence-electron chi connectivity index (χ0n) is 68.7. The molecule has 2 aliphatic heterocycles. The molecule has 22 rings (SSSR count). The monoisotopic (exact) mass is 1520 g/mol. The molecule has 3 aromatic heterocycles. The highest BCUT2D eigenvalue weighted by Gasteiger charge is 2.46. The molecule has 19 aromatic rings. The van der Waals surface area contributed by atoms with E-state index in [1.807, 2.05) is 0 Å². The molecule has 118 heavy (non-hydrogen) atoms. The van der Waals surface area contributed by atoms with Crippen molar-refractivity contribution in [2.75, 3.05) is 9.80 Å². The van der Waals surface area contributed by atoms with Crippen LogP contribution in [0, 0.1) is 0 Å². The number of anilines is 6. The van der Waals surface area contributed by atoms with E-state index in [1.54, 1.807) is 0 Å². The lowest BCUT2D eigenvalue weighted by Gasteiger charge is -2.45. The van der Waals surface area contributed by atoms with Crippen molar-refractivity contribution in [2.24, 2.45) is 0 Å². The number of para-hydroxylation sites is 2. The van der Waals surface area contributed by atoms with Crippen LogP contribution in [0.15, 0.2) is 352 Å². The van der Waals surface area contributed by atoms with Gasteiger partial charge in [0, 0.05) is 77.8 Å². The van der Waals surface area contributed by atoms with Gasteiger partial charge in [0.05, 0.1) is 38.8 Å². The van der Waals surface area contributed by atoms with Gasteiger partial charge in [-0.25, -0.2) is 0 Å². The lowest BCUT2D eigenvalue weighted by Crippen LogP contribution is -2.61. The van der Waals surface area contributed by atoms with Gasteiger partial charge in [-0.1, -0.05) is 300 Å². The third kappa shape index (κ3) is 11.4. The number of nitrogens with zero attached hydrogens (tertiary/aromatic N) is 5. The Labute approximate surface area is 692 Å². The van der Waals surface area contributed by atoms with Crippen molar-refractivity contribution in [1.29, 1.82) is 0 Å². The Bertz CT molecular complexity index is 7030. The van der Waals surface area contributed by atoms with Gasteiger partial charge in [-0.3, -0.25) is 0 Å². The van der Waals surface area contributed by atoms with E-state index >= 15 is 0 Å². The topological polar surface area (TPSA) is 21.3 Å². The van der Waals surface area contributed by atoms with Gasteiger partial charge in [0.25, 0.3) is 6.71 Å². The minimum Gasteiger partial charge on any atom is -0.311 e. The van der Waals surface area contributed by atoms with Crippen molar-refractivity contribution in [3.63, 3.8) is 0 Å². The van der Waals surface area contributed by atoms with E-state index in [-0.39, 0.29) is 28.4 Å². The molecule has 0 bridgehead atoms. The Morgan fingerprint density at radius 1 is 0.237 bits per heavy atom. The molecule has 1 aliphatic carbocycles. The van der Waals surface area contributed by atoms with Gasteiger partial charge in [-0.15, -0.1) is 0 Å². The van der Waals surface area contributed by atoms with E-state index in [0.717, 1.165) is 90.7 Å². The third-order valence-electron chi connectivity index (χ3n) is 26.6. The van der Waals surface area contributed by atoms with Crippen molar-refractivity contribution in [1.82, 2.24) is 13.7 Å². The molecule has 0 spiro atoms. The number of fused-ring (bicyclic) bond motifs is 14. The van der Waals surface area contributed by atoms with Crippen LogP contribution < -0.4 is 26.2 Å². The zero-order chi connectivity index (χ0) is 79.8. The Kier molecular flexibility index (Phi) is 16.0. The highest BCUT2D eigenvalue weighted by Crippen LogP contribution is 2.52. The van der Waals surface area contributed by atoms with E-state index in [9.17, 15) is 0 Å². The maximum Gasteiger partial charge on any atom is 0.252 e. The van der Waals surface area contributed by atoms with Crippen LogP contribution in [0.1, 0.15) is 104 Å². The Hall–Kier alpha value is -13.4. The molecular formula is C112H92BN5. The van der Waals surface area contributed by atoms with Crippen molar-refractivity contribution >= 4 is 123 Å². The summed E-state index contributed by atoms with van der Waals surface area (Å²) in [5.41, 5.74) is 37.9. The molecule has 0 fully saturated rings. The number of benzene rings is 16. The largest absolute Gasteiger partial charge is 0.311 e. The molecule has 0 saturated heterocycles. The molecule has 3 aliphatic rings. The van der Waals surface area contributed by atoms with Crippen LogP contribution in [0.2, 0.25) is 0 Å². The number of hydrogen-bond donors (Lipinski definition) is 0. The van der Waals surface area contributed by atoms with E-state index in [1.165, 1.54) is 133 Å². The Morgan fingerprint density at radius 3 is 0.958 bits per heavy atom. The summed E-state index contributed by atoms with van der Waals surface area (Å²) in [5, 5.41) is 7.26. The highest BCUT2D eigenvalue weighted by molar-refractivity contribution is 7.00. The van der Waals surface area contributed by atoms with Crippen LogP contribution >= 0.6 is 0 Å². The van der Waals surface area contributed by atoms with E-state index in [0.29, 0.717) is 0 Å². The second kappa shape index (κ2) is 26.6. The summed E-state index contributed by atoms with van der Waals surface area (Å²) >= 11 is 0. The minimum absolute atomic E-state index is 0.0552. The first-order valence-corrected chi connectivity index (χ1v) is 42.1. The zero-order valence-corrected chi connectivity index (χ0v) is 68.7. The van der Waals surface area contributed by atoms with Crippen LogP contribution in [-0.4, -0.2) is 20.4 Å². The summed E-state index contributed by atoms with van der Waals surface area (Å²) in [6, 6.07) is 134. The molecule has 0 amide bonds. The maximum atomic E-state index is 2.69. The lowest BCUT2D eigenvalue weighted by atomic mass is 9.33. The molecule has 0 N–H and O–H groups in total.